The quantitative estimate of drug-likeness (QED) is 0.0217. The minimum Gasteiger partial charge on any atom is -0.394 e. The van der Waals surface area contributed by atoms with E-state index in [-0.39, 0.29) is 12.8 Å². The summed E-state index contributed by atoms with van der Waals surface area (Å²) >= 11 is 0. The average Bonchev–Trinajstić information content (AvgIpc) is 3.24. The van der Waals surface area contributed by atoms with Gasteiger partial charge in [0.15, 0.2) is 6.29 Å². The fourth-order valence-electron chi connectivity index (χ4n) is 7.85. The Morgan fingerprint density at radius 1 is 0.656 bits per heavy atom. The van der Waals surface area contributed by atoms with Gasteiger partial charge in [0.2, 0.25) is 5.91 Å². The molecular formula is C49H93NO11. The first-order valence-corrected chi connectivity index (χ1v) is 24.7. The molecule has 12 heteroatoms. The van der Waals surface area contributed by atoms with Gasteiger partial charge in [0.05, 0.1) is 31.5 Å². The summed E-state index contributed by atoms with van der Waals surface area (Å²) in [5, 5.41) is 86.2. The molecule has 0 radical (unpaired) electrons. The zero-order valence-electron chi connectivity index (χ0n) is 38.7. The first-order chi connectivity index (χ1) is 29.4. The molecule has 1 saturated heterocycles. The number of aliphatic hydroxyl groups excluding tert-OH is 7. The number of aliphatic hydroxyl groups is 8. The number of amides is 1. The first-order valence-electron chi connectivity index (χ1n) is 24.7. The van der Waals surface area contributed by atoms with E-state index in [2.05, 4.69) is 19.2 Å². The highest BCUT2D eigenvalue weighted by atomic mass is 16.7. The molecule has 0 aliphatic carbocycles. The molecule has 0 aromatic rings. The lowest BCUT2D eigenvalue weighted by molar-refractivity contribution is -0.302. The standard InChI is InChI=1S/C49H93NO11/c1-4-6-8-10-12-13-14-15-16-17-18-19-20-21-22-23-24-25-27-29-34-41(53)47(58)50-39(38-60-48-46(57)45(56)44(55)42(37-51)61-48)40(52)33-30-31-35-43(54)49(3,59)36-32-28-26-11-9-7-5-2/h30,32-33,36,39-46,48,51-57,59H,4-29,31,34-35,37-38H2,1-3H3,(H,50,58)/b33-30+,36-32+/t39-,40+,41+,42+,43?,44+,45-,46+,48+,49?/m0/s1. The highest BCUT2D eigenvalue weighted by Crippen LogP contribution is 2.23. The van der Waals surface area contributed by atoms with Gasteiger partial charge in [-0.05, 0) is 39.0 Å². The molecule has 1 amide bonds. The van der Waals surface area contributed by atoms with Crippen molar-refractivity contribution in [2.75, 3.05) is 13.2 Å². The number of nitrogens with one attached hydrogen (secondary N) is 1. The van der Waals surface area contributed by atoms with Crippen molar-refractivity contribution >= 4 is 5.91 Å². The fraction of sp³-hybridized carbons (Fsp3) is 0.898. The molecule has 9 N–H and O–H groups in total. The molecule has 2 unspecified atom stereocenters. The maximum absolute atomic E-state index is 13.1. The second kappa shape index (κ2) is 36.8. The van der Waals surface area contributed by atoms with E-state index in [1.54, 1.807) is 19.1 Å². The Balaban J connectivity index is 2.49. The maximum Gasteiger partial charge on any atom is 0.249 e. The van der Waals surface area contributed by atoms with Crippen LogP contribution in [0.25, 0.3) is 0 Å². The Morgan fingerprint density at radius 2 is 1.13 bits per heavy atom. The molecule has 0 aromatic carbocycles. The number of rotatable bonds is 40. The smallest absolute Gasteiger partial charge is 0.249 e. The number of hydrogen-bond donors (Lipinski definition) is 9. The van der Waals surface area contributed by atoms with Gasteiger partial charge >= 0.3 is 0 Å². The Morgan fingerprint density at radius 3 is 1.62 bits per heavy atom. The van der Waals surface area contributed by atoms with Crippen LogP contribution >= 0.6 is 0 Å². The fourth-order valence-corrected chi connectivity index (χ4v) is 7.85. The predicted octanol–water partition coefficient (Wildman–Crippen LogP) is 7.59. The van der Waals surface area contributed by atoms with Crippen LogP contribution in [0.3, 0.4) is 0 Å². The molecule has 0 aromatic heterocycles. The Bertz CT molecular complexity index is 1090. The molecule has 10 atom stereocenters. The summed E-state index contributed by atoms with van der Waals surface area (Å²) in [4.78, 5) is 13.1. The van der Waals surface area contributed by atoms with Gasteiger partial charge in [0.25, 0.3) is 0 Å². The summed E-state index contributed by atoms with van der Waals surface area (Å²) in [6.45, 7) is 4.94. The van der Waals surface area contributed by atoms with E-state index >= 15 is 0 Å². The van der Waals surface area contributed by atoms with Gasteiger partial charge in [-0.25, -0.2) is 0 Å². The van der Waals surface area contributed by atoms with E-state index in [1.165, 1.54) is 128 Å². The van der Waals surface area contributed by atoms with Crippen LogP contribution in [0.15, 0.2) is 24.3 Å². The molecule has 12 nitrogen and oxygen atoms in total. The van der Waals surface area contributed by atoms with Gasteiger partial charge in [-0.3, -0.25) is 4.79 Å². The van der Waals surface area contributed by atoms with Crippen LogP contribution in [0.1, 0.15) is 207 Å². The molecule has 1 rings (SSSR count). The van der Waals surface area contributed by atoms with Crippen molar-refractivity contribution in [1.82, 2.24) is 5.32 Å². The van der Waals surface area contributed by atoms with Crippen molar-refractivity contribution in [1.29, 1.82) is 0 Å². The van der Waals surface area contributed by atoms with Crippen LogP contribution in [0.4, 0.5) is 0 Å². The van der Waals surface area contributed by atoms with Crippen LogP contribution in [-0.2, 0) is 14.3 Å². The summed E-state index contributed by atoms with van der Waals surface area (Å²) in [6, 6.07) is -1.12. The SMILES string of the molecule is CCCCCCC/C=C/C(C)(O)C(O)CC/C=C/[C@@H](O)[C@H](CO[C@@H]1O[C@H](CO)[C@@H](O)[C@H](O)[C@H]1O)NC(=O)[C@H](O)CCCCCCCCCCCCCCCCCCCCCC. The van der Waals surface area contributed by atoms with Crippen molar-refractivity contribution in [2.24, 2.45) is 0 Å². The normalized spacial score (nSPS) is 22.7. The second-order valence-corrected chi connectivity index (χ2v) is 18.0. The molecule has 0 spiro atoms. The molecule has 360 valence electrons. The van der Waals surface area contributed by atoms with Crippen LogP contribution in [0, 0.1) is 0 Å². The summed E-state index contributed by atoms with van der Waals surface area (Å²) in [5.41, 5.74) is -1.42. The predicted molar refractivity (Wildman–Crippen MR) is 244 cm³/mol. The van der Waals surface area contributed by atoms with Gasteiger partial charge in [0, 0.05) is 0 Å². The average molecular weight is 872 g/mol. The molecule has 1 aliphatic heterocycles. The Hall–Kier alpha value is -1.45. The molecule has 61 heavy (non-hydrogen) atoms. The Kier molecular flexibility index (Phi) is 34.8. The summed E-state index contributed by atoms with van der Waals surface area (Å²) in [5.74, 6) is -0.698. The van der Waals surface area contributed by atoms with Gasteiger partial charge in [-0.2, -0.15) is 0 Å². The summed E-state index contributed by atoms with van der Waals surface area (Å²) < 4.78 is 11.1. The van der Waals surface area contributed by atoms with Crippen LogP contribution in [0.5, 0.6) is 0 Å². The van der Waals surface area contributed by atoms with Crippen molar-refractivity contribution in [3.63, 3.8) is 0 Å². The molecule has 1 aliphatic rings. The van der Waals surface area contributed by atoms with Crippen molar-refractivity contribution in [3.8, 4) is 0 Å². The van der Waals surface area contributed by atoms with Gasteiger partial charge in [-0.15, -0.1) is 0 Å². The number of ether oxygens (including phenoxy) is 2. The van der Waals surface area contributed by atoms with Gasteiger partial charge in [0.1, 0.15) is 36.1 Å². The largest absolute Gasteiger partial charge is 0.394 e. The number of carbonyl (C=O) groups excluding carboxylic acids is 1. The van der Waals surface area contributed by atoms with E-state index < -0.39 is 79.8 Å². The highest BCUT2D eigenvalue weighted by molar-refractivity contribution is 5.80. The van der Waals surface area contributed by atoms with E-state index in [0.717, 1.165) is 38.5 Å². The Labute approximate surface area is 370 Å². The van der Waals surface area contributed by atoms with Crippen LogP contribution in [0.2, 0.25) is 0 Å². The minimum atomic E-state index is -1.67. The third-order valence-electron chi connectivity index (χ3n) is 12.2. The molecule has 1 fully saturated rings. The molecule has 0 bridgehead atoms. The lowest BCUT2D eigenvalue weighted by Gasteiger charge is -2.40. The van der Waals surface area contributed by atoms with Crippen molar-refractivity contribution in [3.05, 3.63) is 24.3 Å². The summed E-state index contributed by atoms with van der Waals surface area (Å²) in [7, 11) is 0. The first kappa shape index (κ1) is 57.6. The number of hydrogen-bond acceptors (Lipinski definition) is 11. The van der Waals surface area contributed by atoms with E-state index in [0.29, 0.717) is 12.8 Å². The molecule has 0 saturated carbocycles. The second-order valence-electron chi connectivity index (χ2n) is 18.0. The lowest BCUT2D eigenvalue weighted by atomic mass is 9.94. The van der Waals surface area contributed by atoms with E-state index in [9.17, 15) is 45.6 Å². The van der Waals surface area contributed by atoms with Gasteiger partial charge < -0.3 is 55.6 Å². The van der Waals surface area contributed by atoms with Crippen molar-refractivity contribution < 1.29 is 55.1 Å². The topological polar surface area (TPSA) is 209 Å². The van der Waals surface area contributed by atoms with E-state index in [4.69, 9.17) is 9.47 Å². The zero-order valence-corrected chi connectivity index (χ0v) is 38.7. The molecular weight excluding hydrogens is 779 g/mol. The van der Waals surface area contributed by atoms with Crippen LogP contribution < -0.4 is 5.32 Å². The van der Waals surface area contributed by atoms with E-state index in [1.807, 2.05) is 6.08 Å². The lowest BCUT2D eigenvalue weighted by Crippen LogP contribution is -2.60. The third kappa shape index (κ3) is 27.5. The van der Waals surface area contributed by atoms with Crippen molar-refractivity contribution in [2.45, 2.75) is 268 Å². The monoisotopic (exact) mass is 872 g/mol. The number of unbranched alkanes of at least 4 members (excludes halogenated alkanes) is 24. The zero-order chi connectivity index (χ0) is 45.1. The van der Waals surface area contributed by atoms with Crippen LogP contribution in [-0.4, -0.2) is 121 Å². The summed E-state index contributed by atoms with van der Waals surface area (Å²) in [6.07, 6.45) is 27.8. The number of allylic oxidation sites excluding steroid dienone is 2. The van der Waals surface area contributed by atoms with Gasteiger partial charge in [-0.1, -0.05) is 192 Å². The highest BCUT2D eigenvalue weighted by Gasteiger charge is 2.44. The minimum absolute atomic E-state index is 0.202. The molecule has 1 heterocycles. The number of carbonyl (C=O) groups is 1. The third-order valence-corrected chi connectivity index (χ3v) is 12.2. The maximum atomic E-state index is 13.1.